The number of hydrogen-bond acceptors (Lipinski definition) is 2. The molecule has 0 atom stereocenters. The van der Waals surface area contributed by atoms with Crippen molar-refractivity contribution >= 4 is 5.97 Å². The van der Waals surface area contributed by atoms with E-state index >= 15 is 0 Å². The largest absolute Gasteiger partial charge is 0.472 e. The topological polar surface area (TPSA) is 55.1 Å². The van der Waals surface area contributed by atoms with Crippen molar-refractivity contribution in [3.05, 3.63) is 96.7 Å². The Hall–Kier alpha value is -4.10. The van der Waals surface area contributed by atoms with Crippen molar-refractivity contribution in [2.24, 2.45) is 0 Å². The highest BCUT2D eigenvalue weighted by Crippen LogP contribution is 2.26. The molecule has 28 heavy (non-hydrogen) atoms. The van der Waals surface area contributed by atoms with E-state index in [-0.39, 0.29) is 0 Å². The Kier molecular flexibility index (Phi) is 4.73. The van der Waals surface area contributed by atoms with Gasteiger partial charge in [-0.3, -0.25) is 0 Å². The molecule has 0 aliphatic heterocycles. The normalized spacial score (nSPS) is 10.1. The Morgan fingerprint density at radius 2 is 1.36 bits per heavy atom. The summed E-state index contributed by atoms with van der Waals surface area (Å²) in [5.74, 6) is 3.73. The van der Waals surface area contributed by atoms with Gasteiger partial charge in [0.05, 0.1) is 11.3 Å². The van der Waals surface area contributed by atoms with Gasteiger partial charge < -0.3 is 5.11 Å². The smallest absolute Gasteiger partial charge is 0.382 e. The second-order valence-corrected chi connectivity index (χ2v) is 6.17. The van der Waals surface area contributed by atoms with Crippen LogP contribution < -0.4 is 0 Å². The monoisotopic (exact) mass is 364 g/mol. The zero-order valence-corrected chi connectivity index (χ0v) is 14.9. The molecule has 134 valence electrons. The minimum atomic E-state index is -1.17. The summed E-state index contributed by atoms with van der Waals surface area (Å²) in [4.78, 5) is 10.9. The first-order valence-corrected chi connectivity index (χ1v) is 8.76. The van der Waals surface area contributed by atoms with Gasteiger partial charge in [0.15, 0.2) is 0 Å². The molecule has 0 saturated heterocycles. The Balaban J connectivity index is 1.76. The fourth-order valence-electron chi connectivity index (χ4n) is 2.96. The summed E-state index contributed by atoms with van der Waals surface area (Å²) >= 11 is 0. The Labute approximate surface area is 162 Å². The molecular weight excluding hydrogens is 348 g/mol. The summed E-state index contributed by atoms with van der Waals surface area (Å²) in [7, 11) is 0. The summed E-state index contributed by atoms with van der Waals surface area (Å²) in [6.45, 7) is 0. The molecule has 4 rings (SSSR count). The maximum absolute atomic E-state index is 10.9. The number of carboxylic acid groups (broad SMARTS) is 1. The molecule has 0 bridgehead atoms. The molecule has 1 heterocycles. The number of para-hydroxylation sites is 1. The molecule has 0 radical (unpaired) electrons. The number of rotatable bonds is 3. The van der Waals surface area contributed by atoms with Crippen LogP contribution in [0, 0.1) is 11.8 Å². The Morgan fingerprint density at radius 3 is 2.00 bits per heavy atom. The van der Waals surface area contributed by atoms with Crippen LogP contribution in [0.4, 0.5) is 0 Å². The zero-order valence-electron chi connectivity index (χ0n) is 14.9. The second kappa shape index (κ2) is 7.65. The van der Waals surface area contributed by atoms with Crippen LogP contribution in [0.2, 0.25) is 0 Å². The third-order valence-electron chi connectivity index (χ3n) is 4.30. The van der Waals surface area contributed by atoms with Crippen molar-refractivity contribution in [1.82, 2.24) is 9.78 Å². The summed E-state index contributed by atoms with van der Waals surface area (Å²) in [5.41, 5.74) is 5.22. The quantitative estimate of drug-likeness (QED) is 0.539. The SMILES string of the molecule is O=C(O)C#Cc1cn(-c2ccccc2)nc1-c1ccc(-c2ccccc2)cc1. The van der Waals surface area contributed by atoms with Crippen LogP contribution in [0.25, 0.3) is 28.1 Å². The van der Waals surface area contributed by atoms with E-state index in [9.17, 15) is 4.79 Å². The number of aromatic nitrogens is 2. The first-order valence-electron chi connectivity index (χ1n) is 8.76. The minimum Gasteiger partial charge on any atom is -0.472 e. The maximum Gasteiger partial charge on any atom is 0.382 e. The molecule has 4 aromatic rings. The van der Waals surface area contributed by atoms with Crippen LogP contribution in [0.15, 0.2) is 91.1 Å². The van der Waals surface area contributed by atoms with Crippen LogP contribution >= 0.6 is 0 Å². The summed E-state index contributed by atoms with van der Waals surface area (Å²) < 4.78 is 1.71. The lowest BCUT2D eigenvalue weighted by Gasteiger charge is -2.04. The molecular formula is C24H16N2O2. The molecule has 1 N–H and O–H groups in total. The lowest BCUT2D eigenvalue weighted by molar-refractivity contribution is -0.130. The summed E-state index contributed by atoms with van der Waals surface area (Å²) in [6, 6.07) is 27.8. The maximum atomic E-state index is 10.9. The van der Waals surface area contributed by atoms with Gasteiger partial charge in [0.25, 0.3) is 0 Å². The molecule has 3 aromatic carbocycles. The van der Waals surface area contributed by atoms with Gasteiger partial charge in [0.2, 0.25) is 0 Å². The first kappa shape index (κ1) is 17.3. The van der Waals surface area contributed by atoms with Crippen molar-refractivity contribution < 1.29 is 9.90 Å². The van der Waals surface area contributed by atoms with Crippen LogP contribution in [-0.4, -0.2) is 20.9 Å². The highest BCUT2D eigenvalue weighted by atomic mass is 16.4. The van der Waals surface area contributed by atoms with Crippen molar-refractivity contribution in [2.75, 3.05) is 0 Å². The fourth-order valence-corrected chi connectivity index (χ4v) is 2.96. The van der Waals surface area contributed by atoms with Crippen LogP contribution in [0.3, 0.4) is 0 Å². The molecule has 0 amide bonds. The van der Waals surface area contributed by atoms with Gasteiger partial charge in [-0.15, -0.1) is 0 Å². The number of benzene rings is 3. The standard InChI is InChI=1S/C24H16N2O2/c27-23(28)16-15-21-17-26(22-9-5-2-6-10-22)25-24(21)20-13-11-19(12-14-20)18-7-3-1-4-8-18/h1-14,17H,(H,27,28). The Bertz CT molecular complexity index is 1170. The average Bonchev–Trinajstić information content (AvgIpc) is 3.18. The highest BCUT2D eigenvalue weighted by molar-refractivity contribution is 5.88. The number of aliphatic carboxylic acids is 1. The third kappa shape index (κ3) is 3.69. The van der Waals surface area contributed by atoms with Crippen LogP contribution in [0.1, 0.15) is 5.56 Å². The van der Waals surface area contributed by atoms with Crippen molar-refractivity contribution in [3.8, 4) is 39.9 Å². The first-order chi connectivity index (χ1) is 13.7. The molecule has 0 fully saturated rings. The molecule has 0 aliphatic carbocycles. The van der Waals surface area contributed by atoms with E-state index in [1.807, 2.05) is 72.8 Å². The lowest BCUT2D eigenvalue weighted by Crippen LogP contribution is -1.94. The van der Waals surface area contributed by atoms with E-state index in [0.717, 1.165) is 22.4 Å². The molecule has 4 heteroatoms. The van der Waals surface area contributed by atoms with Gasteiger partial charge in [-0.25, -0.2) is 9.48 Å². The van der Waals surface area contributed by atoms with Crippen molar-refractivity contribution in [3.63, 3.8) is 0 Å². The molecule has 4 nitrogen and oxygen atoms in total. The highest BCUT2D eigenvalue weighted by Gasteiger charge is 2.11. The van der Waals surface area contributed by atoms with Crippen molar-refractivity contribution in [2.45, 2.75) is 0 Å². The van der Waals surface area contributed by atoms with Crippen molar-refractivity contribution in [1.29, 1.82) is 0 Å². The lowest BCUT2D eigenvalue weighted by atomic mass is 10.0. The van der Waals surface area contributed by atoms with Gasteiger partial charge in [-0.2, -0.15) is 5.10 Å². The van der Waals surface area contributed by atoms with E-state index < -0.39 is 5.97 Å². The zero-order chi connectivity index (χ0) is 19.3. The van der Waals surface area contributed by atoms with Crippen LogP contribution in [-0.2, 0) is 4.79 Å². The number of carbonyl (C=O) groups is 1. The molecule has 0 unspecified atom stereocenters. The second-order valence-electron chi connectivity index (χ2n) is 6.17. The van der Waals surface area contributed by atoms with Gasteiger partial charge >= 0.3 is 5.97 Å². The number of hydrogen-bond donors (Lipinski definition) is 1. The number of carboxylic acids is 1. The van der Waals surface area contributed by atoms with E-state index in [1.54, 1.807) is 10.9 Å². The number of nitrogens with zero attached hydrogens (tertiary/aromatic N) is 2. The predicted octanol–water partition coefficient (Wildman–Crippen LogP) is 4.64. The van der Waals surface area contributed by atoms with Crippen LogP contribution in [0.5, 0.6) is 0 Å². The van der Waals surface area contributed by atoms with Gasteiger partial charge in [0.1, 0.15) is 5.69 Å². The third-order valence-corrected chi connectivity index (χ3v) is 4.30. The summed E-state index contributed by atoms with van der Waals surface area (Å²) in [5, 5.41) is 13.6. The van der Waals surface area contributed by atoms with E-state index in [1.165, 1.54) is 0 Å². The molecule has 0 aliphatic rings. The van der Waals surface area contributed by atoms with Gasteiger partial charge in [-0.05, 0) is 23.3 Å². The van der Waals surface area contributed by atoms with E-state index in [2.05, 4.69) is 29.1 Å². The average molecular weight is 364 g/mol. The Morgan fingerprint density at radius 1 is 0.786 bits per heavy atom. The minimum absolute atomic E-state index is 0.568. The van der Waals surface area contributed by atoms with Gasteiger partial charge in [0, 0.05) is 17.7 Å². The molecule has 0 spiro atoms. The van der Waals surface area contributed by atoms with E-state index in [4.69, 9.17) is 5.11 Å². The predicted molar refractivity (Wildman–Crippen MR) is 109 cm³/mol. The fraction of sp³-hybridized carbons (Fsp3) is 0. The molecule has 0 saturated carbocycles. The van der Waals surface area contributed by atoms with Gasteiger partial charge in [-0.1, -0.05) is 78.7 Å². The molecule has 1 aromatic heterocycles. The summed E-state index contributed by atoms with van der Waals surface area (Å²) in [6.07, 6.45) is 1.76. The van der Waals surface area contributed by atoms with E-state index in [0.29, 0.717) is 11.3 Å².